The van der Waals surface area contributed by atoms with E-state index in [2.05, 4.69) is 19.9 Å². The van der Waals surface area contributed by atoms with Gasteiger partial charge in [-0.25, -0.2) is 0 Å². The van der Waals surface area contributed by atoms with Gasteiger partial charge in [0.15, 0.2) is 11.5 Å². The molecule has 0 fully saturated rings. The van der Waals surface area contributed by atoms with Crippen LogP contribution in [0.3, 0.4) is 0 Å². The third-order valence-corrected chi connectivity index (χ3v) is 2.89. The molecule has 1 aromatic carbocycles. The van der Waals surface area contributed by atoms with Gasteiger partial charge in [0, 0.05) is 5.56 Å². The van der Waals surface area contributed by atoms with Crippen molar-refractivity contribution in [3.8, 4) is 11.5 Å². The van der Waals surface area contributed by atoms with E-state index in [0.717, 1.165) is 17.9 Å². The first-order valence-electron chi connectivity index (χ1n) is 5.57. The quantitative estimate of drug-likeness (QED) is 0.834. The number of hydrogen-bond donors (Lipinski definition) is 1. The van der Waals surface area contributed by atoms with Gasteiger partial charge in [-0.3, -0.25) is 0 Å². The summed E-state index contributed by atoms with van der Waals surface area (Å²) in [4.78, 5) is 0. The molecule has 0 heterocycles. The van der Waals surface area contributed by atoms with Gasteiger partial charge in [0.25, 0.3) is 0 Å². The van der Waals surface area contributed by atoms with Gasteiger partial charge >= 0.3 is 0 Å². The Labute approximate surface area is 97.6 Å². The molecule has 1 atom stereocenters. The Balaban J connectivity index is 3.22. The Morgan fingerprint density at radius 1 is 1.25 bits per heavy atom. The van der Waals surface area contributed by atoms with Gasteiger partial charge in [0.05, 0.1) is 14.2 Å². The molecule has 0 aliphatic heterocycles. The zero-order valence-electron chi connectivity index (χ0n) is 10.5. The lowest BCUT2D eigenvalue weighted by Crippen LogP contribution is -2.08. The topological polar surface area (TPSA) is 44.5 Å². The molecule has 1 aromatic rings. The molecule has 1 rings (SSSR count). The van der Waals surface area contributed by atoms with Crippen molar-refractivity contribution in [1.29, 1.82) is 0 Å². The maximum Gasteiger partial charge on any atom is 0.164 e. The van der Waals surface area contributed by atoms with Crippen LogP contribution in [-0.2, 0) is 0 Å². The number of nitrogens with two attached hydrogens (primary N) is 1. The molecule has 0 radical (unpaired) electrons. The molecule has 0 bridgehead atoms. The van der Waals surface area contributed by atoms with E-state index in [0.29, 0.717) is 12.5 Å². The van der Waals surface area contributed by atoms with Crippen LogP contribution >= 0.6 is 0 Å². The van der Waals surface area contributed by atoms with E-state index in [1.165, 1.54) is 11.1 Å². The minimum absolute atomic E-state index is 0.384. The van der Waals surface area contributed by atoms with Gasteiger partial charge in [-0.05, 0) is 37.4 Å². The summed E-state index contributed by atoms with van der Waals surface area (Å²) in [6.07, 6.45) is 0.949. The summed E-state index contributed by atoms with van der Waals surface area (Å²) < 4.78 is 10.8. The predicted octanol–water partition coefficient (Wildman–Crippen LogP) is 2.46. The number of methoxy groups -OCH3 is 2. The second-order valence-corrected chi connectivity index (χ2v) is 4.01. The maximum absolute atomic E-state index is 5.61. The molecule has 1 unspecified atom stereocenters. The Hall–Kier alpha value is -1.22. The normalized spacial score (nSPS) is 12.3. The fraction of sp³-hybridized carbons (Fsp3) is 0.538. The predicted molar refractivity (Wildman–Crippen MR) is 66.4 cm³/mol. The van der Waals surface area contributed by atoms with Crippen molar-refractivity contribution in [1.82, 2.24) is 0 Å². The highest BCUT2D eigenvalue weighted by molar-refractivity contribution is 5.52. The Kier molecular flexibility index (Phi) is 4.62. The summed E-state index contributed by atoms with van der Waals surface area (Å²) in [7, 11) is 3.33. The van der Waals surface area contributed by atoms with Crippen molar-refractivity contribution in [3.63, 3.8) is 0 Å². The SMILES string of the molecule is COc1ccc(C)c(C(C)CCN)c1OC. The highest BCUT2D eigenvalue weighted by atomic mass is 16.5. The Bertz CT molecular complexity index is 350. The minimum atomic E-state index is 0.384. The van der Waals surface area contributed by atoms with Crippen LogP contribution < -0.4 is 15.2 Å². The van der Waals surface area contributed by atoms with Gasteiger partial charge in [-0.1, -0.05) is 13.0 Å². The Morgan fingerprint density at radius 2 is 1.94 bits per heavy atom. The van der Waals surface area contributed by atoms with E-state index in [4.69, 9.17) is 15.2 Å². The smallest absolute Gasteiger partial charge is 0.164 e. The molecule has 0 aliphatic rings. The first-order valence-corrected chi connectivity index (χ1v) is 5.57. The maximum atomic E-state index is 5.61. The summed E-state index contributed by atoms with van der Waals surface area (Å²) >= 11 is 0. The van der Waals surface area contributed by atoms with Crippen molar-refractivity contribution in [2.24, 2.45) is 5.73 Å². The zero-order valence-corrected chi connectivity index (χ0v) is 10.5. The molecule has 0 amide bonds. The Morgan fingerprint density at radius 3 is 2.44 bits per heavy atom. The molecule has 0 spiro atoms. The van der Waals surface area contributed by atoms with E-state index < -0.39 is 0 Å². The molecule has 90 valence electrons. The number of aryl methyl sites for hydroxylation is 1. The van der Waals surface area contributed by atoms with Crippen molar-refractivity contribution in [2.45, 2.75) is 26.2 Å². The lowest BCUT2D eigenvalue weighted by atomic mass is 9.92. The van der Waals surface area contributed by atoms with Crippen LogP contribution in [0.5, 0.6) is 11.5 Å². The lowest BCUT2D eigenvalue weighted by Gasteiger charge is -2.19. The van der Waals surface area contributed by atoms with E-state index in [1.807, 2.05) is 6.07 Å². The largest absolute Gasteiger partial charge is 0.493 e. The fourth-order valence-electron chi connectivity index (χ4n) is 2.06. The summed E-state index contributed by atoms with van der Waals surface area (Å²) in [6.45, 7) is 4.93. The highest BCUT2D eigenvalue weighted by Crippen LogP contribution is 2.38. The molecule has 16 heavy (non-hydrogen) atoms. The van der Waals surface area contributed by atoms with Crippen molar-refractivity contribution in [3.05, 3.63) is 23.3 Å². The highest BCUT2D eigenvalue weighted by Gasteiger charge is 2.17. The third kappa shape index (κ3) is 2.47. The first kappa shape index (κ1) is 12.8. The zero-order chi connectivity index (χ0) is 12.1. The van der Waals surface area contributed by atoms with Crippen LogP contribution in [0, 0.1) is 6.92 Å². The fourth-order valence-corrected chi connectivity index (χ4v) is 2.06. The van der Waals surface area contributed by atoms with E-state index in [1.54, 1.807) is 14.2 Å². The molecule has 3 heteroatoms. The van der Waals surface area contributed by atoms with Crippen LogP contribution in [-0.4, -0.2) is 20.8 Å². The van der Waals surface area contributed by atoms with Gasteiger partial charge in [0.1, 0.15) is 0 Å². The number of hydrogen-bond acceptors (Lipinski definition) is 3. The van der Waals surface area contributed by atoms with Crippen molar-refractivity contribution < 1.29 is 9.47 Å². The molecule has 0 saturated heterocycles. The second kappa shape index (κ2) is 5.75. The van der Waals surface area contributed by atoms with Gasteiger partial charge in [-0.2, -0.15) is 0 Å². The van der Waals surface area contributed by atoms with E-state index in [9.17, 15) is 0 Å². The third-order valence-electron chi connectivity index (χ3n) is 2.89. The van der Waals surface area contributed by atoms with Crippen molar-refractivity contribution >= 4 is 0 Å². The standard InChI is InChI=1S/C13H21NO2/c1-9-5-6-11(15-3)13(16-4)12(9)10(2)7-8-14/h5-6,10H,7-8,14H2,1-4H3. The van der Waals surface area contributed by atoms with Gasteiger partial charge in [0.2, 0.25) is 0 Å². The second-order valence-electron chi connectivity index (χ2n) is 4.01. The number of rotatable bonds is 5. The molecule has 0 aromatic heterocycles. The van der Waals surface area contributed by atoms with E-state index >= 15 is 0 Å². The first-order chi connectivity index (χ1) is 7.65. The van der Waals surface area contributed by atoms with Crippen LogP contribution in [0.4, 0.5) is 0 Å². The molecular formula is C13H21NO2. The van der Waals surface area contributed by atoms with Gasteiger partial charge in [-0.15, -0.1) is 0 Å². The van der Waals surface area contributed by atoms with Crippen LogP contribution in [0.1, 0.15) is 30.4 Å². The summed E-state index contributed by atoms with van der Waals surface area (Å²) in [5.74, 6) is 2.01. The average Bonchev–Trinajstić information content (AvgIpc) is 2.28. The van der Waals surface area contributed by atoms with Crippen LogP contribution in [0.15, 0.2) is 12.1 Å². The van der Waals surface area contributed by atoms with E-state index in [-0.39, 0.29) is 0 Å². The number of ether oxygens (including phenoxy) is 2. The van der Waals surface area contributed by atoms with Gasteiger partial charge < -0.3 is 15.2 Å². The molecule has 0 saturated carbocycles. The van der Waals surface area contributed by atoms with Crippen LogP contribution in [0.25, 0.3) is 0 Å². The van der Waals surface area contributed by atoms with Crippen molar-refractivity contribution in [2.75, 3.05) is 20.8 Å². The summed E-state index contributed by atoms with van der Waals surface area (Å²) in [5.41, 5.74) is 8.03. The summed E-state index contributed by atoms with van der Waals surface area (Å²) in [6, 6.07) is 4.00. The molecule has 3 nitrogen and oxygen atoms in total. The molecule has 2 N–H and O–H groups in total. The van der Waals surface area contributed by atoms with Crippen LogP contribution in [0.2, 0.25) is 0 Å². The number of benzene rings is 1. The molecule has 0 aliphatic carbocycles. The molecular weight excluding hydrogens is 202 g/mol. The monoisotopic (exact) mass is 223 g/mol. The minimum Gasteiger partial charge on any atom is -0.493 e. The lowest BCUT2D eigenvalue weighted by molar-refractivity contribution is 0.349. The summed E-state index contributed by atoms with van der Waals surface area (Å²) in [5, 5.41) is 0. The average molecular weight is 223 g/mol.